The molecule has 4 nitrogen and oxygen atoms in total. The summed E-state index contributed by atoms with van der Waals surface area (Å²) in [5.41, 5.74) is 1.40. The van der Waals surface area contributed by atoms with Crippen LogP contribution in [0.3, 0.4) is 0 Å². The van der Waals surface area contributed by atoms with Crippen LogP contribution in [-0.2, 0) is 17.8 Å². The lowest BCUT2D eigenvalue weighted by atomic mass is 10.1. The van der Waals surface area contributed by atoms with Gasteiger partial charge in [0.05, 0.1) is 18.6 Å². The minimum absolute atomic E-state index is 0.153. The van der Waals surface area contributed by atoms with Crippen molar-refractivity contribution >= 4 is 5.91 Å². The second-order valence-corrected chi connectivity index (χ2v) is 4.10. The summed E-state index contributed by atoms with van der Waals surface area (Å²) in [5.74, 6) is -1.93. The van der Waals surface area contributed by atoms with Gasteiger partial charge in [0.15, 0.2) is 11.6 Å². The Balaban J connectivity index is 1.78. The number of H-pyrrole nitrogens is 1. The SMILES string of the molecule is O=C(CCc1ccc(F)c(F)c1)NCc1cnc[nH]1. The number of aryl methyl sites for hydroxylation is 1. The molecule has 19 heavy (non-hydrogen) atoms. The van der Waals surface area contributed by atoms with Crippen LogP contribution < -0.4 is 5.32 Å². The predicted octanol–water partition coefficient (Wildman–Crippen LogP) is 1.94. The number of aromatic nitrogens is 2. The second kappa shape index (κ2) is 6.08. The molecule has 1 heterocycles. The van der Waals surface area contributed by atoms with E-state index in [1.807, 2.05) is 0 Å². The summed E-state index contributed by atoms with van der Waals surface area (Å²) in [6.07, 6.45) is 3.74. The molecule has 100 valence electrons. The summed E-state index contributed by atoms with van der Waals surface area (Å²) >= 11 is 0. The average Bonchev–Trinajstić information content (AvgIpc) is 2.91. The summed E-state index contributed by atoms with van der Waals surface area (Å²) in [4.78, 5) is 18.2. The molecule has 0 aliphatic carbocycles. The number of aromatic amines is 1. The number of nitrogens with zero attached hydrogens (tertiary/aromatic N) is 1. The minimum atomic E-state index is -0.893. The van der Waals surface area contributed by atoms with Crippen LogP contribution in [0.2, 0.25) is 0 Å². The lowest BCUT2D eigenvalue weighted by Crippen LogP contribution is -2.23. The second-order valence-electron chi connectivity index (χ2n) is 4.10. The van der Waals surface area contributed by atoms with E-state index in [1.54, 1.807) is 6.20 Å². The van der Waals surface area contributed by atoms with E-state index in [-0.39, 0.29) is 12.3 Å². The summed E-state index contributed by atoms with van der Waals surface area (Å²) in [6.45, 7) is 0.372. The molecular formula is C13H13F2N3O. The van der Waals surface area contributed by atoms with Crippen LogP contribution in [0.1, 0.15) is 17.7 Å². The quantitative estimate of drug-likeness (QED) is 0.868. The number of hydrogen-bond donors (Lipinski definition) is 2. The van der Waals surface area contributed by atoms with Gasteiger partial charge in [0, 0.05) is 12.6 Å². The summed E-state index contributed by atoms with van der Waals surface area (Å²) in [7, 11) is 0. The highest BCUT2D eigenvalue weighted by atomic mass is 19.2. The third-order valence-corrected chi connectivity index (χ3v) is 2.66. The van der Waals surface area contributed by atoms with E-state index in [4.69, 9.17) is 0 Å². The highest BCUT2D eigenvalue weighted by Gasteiger charge is 2.06. The highest BCUT2D eigenvalue weighted by molar-refractivity contribution is 5.76. The van der Waals surface area contributed by atoms with Crippen LogP contribution in [0.25, 0.3) is 0 Å². The number of rotatable bonds is 5. The van der Waals surface area contributed by atoms with E-state index >= 15 is 0 Å². The van der Waals surface area contributed by atoms with Gasteiger partial charge in [-0.1, -0.05) is 6.07 Å². The van der Waals surface area contributed by atoms with Gasteiger partial charge in [-0.3, -0.25) is 4.79 Å². The molecule has 0 atom stereocenters. The van der Waals surface area contributed by atoms with Gasteiger partial charge in [0.1, 0.15) is 0 Å². The van der Waals surface area contributed by atoms with E-state index in [1.165, 1.54) is 12.4 Å². The van der Waals surface area contributed by atoms with E-state index in [9.17, 15) is 13.6 Å². The fourth-order valence-corrected chi connectivity index (χ4v) is 1.62. The Hall–Kier alpha value is -2.24. The topological polar surface area (TPSA) is 57.8 Å². The van der Waals surface area contributed by atoms with Crippen LogP contribution in [0.15, 0.2) is 30.7 Å². The molecule has 1 amide bonds. The number of amides is 1. The molecule has 1 aromatic carbocycles. The maximum absolute atomic E-state index is 13.0. The van der Waals surface area contributed by atoms with Crippen molar-refractivity contribution in [1.29, 1.82) is 0 Å². The first-order valence-electron chi connectivity index (χ1n) is 5.83. The Morgan fingerprint density at radius 2 is 2.16 bits per heavy atom. The lowest BCUT2D eigenvalue weighted by Gasteiger charge is -2.04. The Labute approximate surface area is 108 Å². The van der Waals surface area contributed by atoms with Gasteiger partial charge in [-0.2, -0.15) is 0 Å². The first-order chi connectivity index (χ1) is 9.15. The van der Waals surface area contributed by atoms with Gasteiger partial charge in [0.2, 0.25) is 5.91 Å². The monoisotopic (exact) mass is 265 g/mol. The molecule has 0 spiro atoms. The molecule has 2 rings (SSSR count). The lowest BCUT2D eigenvalue weighted by molar-refractivity contribution is -0.121. The van der Waals surface area contributed by atoms with Gasteiger partial charge in [-0.05, 0) is 24.1 Å². The molecule has 0 aliphatic heterocycles. The number of imidazole rings is 1. The minimum Gasteiger partial charge on any atom is -0.350 e. The molecule has 0 saturated carbocycles. The zero-order valence-electron chi connectivity index (χ0n) is 10.1. The molecule has 0 bridgehead atoms. The third kappa shape index (κ3) is 3.87. The fraction of sp³-hybridized carbons (Fsp3) is 0.231. The molecule has 0 saturated heterocycles. The molecule has 6 heteroatoms. The Kier molecular flexibility index (Phi) is 4.22. The maximum atomic E-state index is 13.0. The largest absolute Gasteiger partial charge is 0.350 e. The molecule has 0 aliphatic rings. The number of carbonyl (C=O) groups excluding carboxylic acids is 1. The van der Waals surface area contributed by atoms with Crippen LogP contribution in [0, 0.1) is 11.6 Å². The highest BCUT2D eigenvalue weighted by Crippen LogP contribution is 2.10. The normalized spacial score (nSPS) is 10.4. The fourth-order valence-electron chi connectivity index (χ4n) is 1.62. The molecule has 2 N–H and O–H groups in total. The zero-order valence-corrected chi connectivity index (χ0v) is 10.1. The van der Waals surface area contributed by atoms with Crippen LogP contribution in [-0.4, -0.2) is 15.9 Å². The third-order valence-electron chi connectivity index (χ3n) is 2.66. The van der Waals surface area contributed by atoms with Crippen LogP contribution >= 0.6 is 0 Å². The van der Waals surface area contributed by atoms with Gasteiger partial charge in [-0.25, -0.2) is 13.8 Å². The maximum Gasteiger partial charge on any atom is 0.220 e. The summed E-state index contributed by atoms with van der Waals surface area (Å²) in [5, 5.41) is 2.70. The van der Waals surface area contributed by atoms with E-state index < -0.39 is 11.6 Å². The molecule has 0 unspecified atom stereocenters. The first-order valence-corrected chi connectivity index (χ1v) is 5.83. The Bertz CT molecular complexity index is 555. The Morgan fingerprint density at radius 3 is 2.84 bits per heavy atom. The van der Waals surface area contributed by atoms with Crippen molar-refractivity contribution in [2.45, 2.75) is 19.4 Å². The van der Waals surface area contributed by atoms with Crippen molar-refractivity contribution in [3.8, 4) is 0 Å². The van der Waals surface area contributed by atoms with E-state index in [2.05, 4.69) is 15.3 Å². The van der Waals surface area contributed by atoms with Gasteiger partial charge in [-0.15, -0.1) is 0 Å². The van der Waals surface area contributed by atoms with Crippen molar-refractivity contribution in [3.63, 3.8) is 0 Å². The summed E-state index contributed by atoms with van der Waals surface area (Å²) in [6, 6.07) is 3.64. The molecule has 0 radical (unpaired) electrons. The molecule has 0 fully saturated rings. The van der Waals surface area contributed by atoms with Gasteiger partial charge < -0.3 is 10.3 Å². The number of hydrogen-bond acceptors (Lipinski definition) is 2. The van der Waals surface area contributed by atoms with Crippen molar-refractivity contribution in [2.75, 3.05) is 0 Å². The first kappa shape index (κ1) is 13.2. The van der Waals surface area contributed by atoms with Crippen molar-refractivity contribution in [3.05, 3.63) is 53.6 Å². The number of benzene rings is 1. The van der Waals surface area contributed by atoms with Gasteiger partial charge >= 0.3 is 0 Å². The van der Waals surface area contributed by atoms with E-state index in [0.29, 0.717) is 18.5 Å². The average molecular weight is 265 g/mol. The van der Waals surface area contributed by atoms with Crippen LogP contribution in [0.4, 0.5) is 8.78 Å². The van der Waals surface area contributed by atoms with Crippen molar-refractivity contribution in [1.82, 2.24) is 15.3 Å². The predicted molar refractivity (Wildman–Crippen MR) is 65.1 cm³/mol. The van der Waals surface area contributed by atoms with Crippen molar-refractivity contribution < 1.29 is 13.6 Å². The van der Waals surface area contributed by atoms with Crippen molar-refractivity contribution in [2.24, 2.45) is 0 Å². The number of halogens is 2. The number of carbonyl (C=O) groups is 1. The molecule has 1 aromatic heterocycles. The smallest absolute Gasteiger partial charge is 0.220 e. The molecular weight excluding hydrogens is 252 g/mol. The number of nitrogens with one attached hydrogen (secondary N) is 2. The zero-order chi connectivity index (χ0) is 13.7. The van der Waals surface area contributed by atoms with E-state index in [0.717, 1.165) is 17.8 Å². The Morgan fingerprint density at radius 1 is 1.32 bits per heavy atom. The summed E-state index contributed by atoms with van der Waals surface area (Å²) < 4.78 is 25.7. The standard InChI is InChI=1S/C13H13F2N3O/c14-11-3-1-9(5-12(11)15)2-4-13(19)17-7-10-6-16-8-18-10/h1,3,5-6,8H,2,4,7H2,(H,16,18)(H,17,19). The molecule has 2 aromatic rings. The van der Waals surface area contributed by atoms with Crippen LogP contribution in [0.5, 0.6) is 0 Å². The van der Waals surface area contributed by atoms with Gasteiger partial charge in [0.25, 0.3) is 0 Å².